The van der Waals surface area contributed by atoms with Crippen molar-refractivity contribution in [3.8, 4) is 5.75 Å². The molecule has 0 amide bonds. The molecular weight excluding hydrogens is 325 g/mol. The molecule has 2 aromatic carbocycles. The molecule has 0 saturated carbocycles. The minimum absolute atomic E-state index is 0.00918. The summed E-state index contributed by atoms with van der Waals surface area (Å²) in [5, 5.41) is 10.7. The van der Waals surface area contributed by atoms with Gasteiger partial charge in [-0.05, 0) is 11.6 Å². The van der Waals surface area contributed by atoms with Crippen molar-refractivity contribution in [2.24, 2.45) is 0 Å². The average Bonchev–Trinajstić information content (AvgIpc) is 3.14. The van der Waals surface area contributed by atoms with E-state index < -0.39 is 10.7 Å². The van der Waals surface area contributed by atoms with Gasteiger partial charge in [-0.3, -0.25) is 10.1 Å². The first-order valence-electron chi connectivity index (χ1n) is 7.75. The van der Waals surface area contributed by atoms with Gasteiger partial charge in [-0.25, -0.2) is 9.37 Å². The van der Waals surface area contributed by atoms with E-state index in [2.05, 4.69) is 4.98 Å². The number of nitro benzene ring substituents is 1. The Labute approximate surface area is 143 Å². The maximum atomic E-state index is 14.2. The highest BCUT2D eigenvalue weighted by Crippen LogP contribution is 2.29. The number of nitro groups is 1. The molecule has 3 aromatic rings. The lowest BCUT2D eigenvalue weighted by molar-refractivity contribution is -0.385. The summed E-state index contributed by atoms with van der Waals surface area (Å²) in [6, 6.07) is 12.9. The fourth-order valence-corrected chi connectivity index (χ4v) is 2.50. The van der Waals surface area contributed by atoms with Gasteiger partial charge in [0.25, 0.3) is 5.69 Å². The molecule has 0 saturated heterocycles. The van der Waals surface area contributed by atoms with Crippen molar-refractivity contribution in [3.63, 3.8) is 0 Å². The number of aromatic nitrogens is 2. The van der Waals surface area contributed by atoms with Gasteiger partial charge in [0.1, 0.15) is 6.10 Å². The maximum Gasteiger partial charge on any atom is 0.272 e. The normalized spacial score (nSPS) is 11.9. The summed E-state index contributed by atoms with van der Waals surface area (Å²) in [6.45, 7) is 0.647. The fourth-order valence-electron chi connectivity index (χ4n) is 2.50. The second-order valence-electron chi connectivity index (χ2n) is 5.48. The Balaban J connectivity index is 1.80. The largest absolute Gasteiger partial charge is 0.483 e. The lowest BCUT2D eigenvalue weighted by Gasteiger charge is -2.20. The predicted octanol–water partition coefficient (Wildman–Crippen LogP) is 4.14. The Morgan fingerprint density at radius 1 is 1.24 bits per heavy atom. The minimum atomic E-state index is -0.752. The number of imidazole rings is 1. The highest BCUT2D eigenvalue weighted by Gasteiger charge is 2.18. The van der Waals surface area contributed by atoms with Gasteiger partial charge in [0, 0.05) is 31.4 Å². The summed E-state index contributed by atoms with van der Waals surface area (Å²) in [5.41, 5.74) is 0.597. The molecule has 1 atom stereocenters. The number of hydrogen-bond acceptors (Lipinski definition) is 4. The number of rotatable bonds is 7. The van der Waals surface area contributed by atoms with Gasteiger partial charge in [0.2, 0.25) is 0 Å². The zero-order valence-electron chi connectivity index (χ0n) is 13.3. The molecule has 1 heterocycles. The van der Waals surface area contributed by atoms with Gasteiger partial charge in [-0.15, -0.1) is 0 Å². The summed E-state index contributed by atoms with van der Waals surface area (Å²) >= 11 is 0. The molecule has 3 rings (SSSR count). The highest BCUT2D eigenvalue weighted by molar-refractivity contribution is 5.38. The number of benzene rings is 2. The van der Waals surface area contributed by atoms with Crippen molar-refractivity contribution in [2.75, 3.05) is 0 Å². The Morgan fingerprint density at radius 2 is 2.04 bits per heavy atom. The summed E-state index contributed by atoms with van der Waals surface area (Å²) in [6.07, 6.45) is 5.44. The topological polar surface area (TPSA) is 70.2 Å². The maximum absolute atomic E-state index is 14.2. The predicted molar refractivity (Wildman–Crippen MR) is 89.7 cm³/mol. The summed E-state index contributed by atoms with van der Waals surface area (Å²) in [7, 11) is 0. The van der Waals surface area contributed by atoms with Crippen molar-refractivity contribution in [1.82, 2.24) is 9.55 Å². The third-order valence-corrected chi connectivity index (χ3v) is 3.78. The third-order valence-electron chi connectivity index (χ3n) is 3.78. The van der Waals surface area contributed by atoms with Crippen LogP contribution in [0.2, 0.25) is 0 Å². The Morgan fingerprint density at radius 3 is 2.68 bits per heavy atom. The van der Waals surface area contributed by atoms with Crippen LogP contribution in [-0.2, 0) is 6.54 Å². The first kappa shape index (κ1) is 16.6. The van der Waals surface area contributed by atoms with Crippen LogP contribution in [-0.4, -0.2) is 14.5 Å². The van der Waals surface area contributed by atoms with Crippen LogP contribution in [0, 0.1) is 15.9 Å². The van der Waals surface area contributed by atoms with E-state index in [4.69, 9.17) is 4.74 Å². The van der Waals surface area contributed by atoms with Gasteiger partial charge < -0.3 is 9.30 Å². The molecule has 0 N–H and O–H groups in total. The molecule has 0 radical (unpaired) electrons. The first-order valence-corrected chi connectivity index (χ1v) is 7.75. The smallest absolute Gasteiger partial charge is 0.272 e. The van der Waals surface area contributed by atoms with E-state index in [1.807, 2.05) is 41.1 Å². The lowest BCUT2D eigenvalue weighted by atomic mass is 10.1. The van der Waals surface area contributed by atoms with Crippen LogP contribution in [0.3, 0.4) is 0 Å². The third kappa shape index (κ3) is 4.20. The second kappa shape index (κ2) is 7.57. The van der Waals surface area contributed by atoms with Crippen LogP contribution in [0.4, 0.5) is 10.1 Å². The van der Waals surface area contributed by atoms with E-state index in [9.17, 15) is 14.5 Å². The Hall–Kier alpha value is -3.22. The van der Waals surface area contributed by atoms with E-state index in [1.54, 1.807) is 12.5 Å². The molecule has 0 spiro atoms. The molecule has 7 heteroatoms. The zero-order valence-corrected chi connectivity index (χ0v) is 13.3. The van der Waals surface area contributed by atoms with Gasteiger partial charge in [-0.2, -0.15) is 0 Å². The molecule has 128 valence electrons. The van der Waals surface area contributed by atoms with Crippen LogP contribution in [0.25, 0.3) is 0 Å². The molecule has 6 nitrogen and oxygen atoms in total. The summed E-state index contributed by atoms with van der Waals surface area (Å²) in [5.74, 6) is -0.761. The number of aryl methyl sites for hydroxylation is 1. The number of non-ortho nitro benzene ring substituents is 1. The van der Waals surface area contributed by atoms with E-state index in [-0.39, 0.29) is 17.5 Å². The van der Waals surface area contributed by atoms with Crippen molar-refractivity contribution >= 4 is 5.69 Å². The zero-order chi connectivity index (χ0) is 17.6. The molecule has 0 aliphatic carbocycles. The van der Waals surface area contributed by atoms with E-state index in [0.717, 1.165) is 11.6 Å². The second-order valence-corrected chi connectivity index (χ2v) is 5.48. The average molecular weight is 341 g/mol. The standard InChI is InChI=1S/C18H16FN3O3/c19-16-12-15(22(23)24)6-7-18(16)25-17(14-4-2-1-3-5-14)8-10-21-11-9-20-13-21/h1-7,9,11-13,17H,8,10H2. The molecule has 1 aromatic heterocycles. The quantitative estimate of drug-likeness (QED) is 0.478. The molecule has 0 bridgehead atoms. The van der Waals surface area contributed by atoms with Gasteiger partial charge in [0.15, 0.2) is 11.6 Å². The van der Waals surface area contributed by atoms with Crippen molar-refractivity contribution in [2.45, 2.75) is 19.1 Å². The fraction of sp³-hybridized carbons (Fsp3) is 0.167. The van der Waals surface area contributed by atoms with Crippen molar-refractivity contribution in [1.29, 1.82) is 0 Å². The van der Waals surface area contributed by atoms with Crippen LogP contribution in [0.1, 0.15) is 18.1 Å². The summed E-state index contributed by atoms with van der Waals surface area (Å²) < 4.78 is 21.9. The van der Waals surface area contributed by atoms with E-state index >= 15 is 0 Å². The first-order chi connectivity index (χ1) is 12.1. The number of ether oxygens (including phenoxy) is 1. The molecule has 25 heavy (non-hydrogen) atoms. The SMILES string of the molecule is O=[N+]([O-])c1ccc(OC(CCn2ccnc2)c2ccccc2)c(F)c1. The monoisotopic (exact) mass is 341 g/mol. The van der Waals surface area contributed by atoms with Crippen LogP contribution >= 0.6 is 0 Å². The highest BCUT2D eigenvalue weighted by atomic mass is 19.1. The van der Waals surface area contributed by atoms with Crippen molar-refractivity contribution in [3.05, 3.63) is 88.7 Å². The molecule has 1 unspecified atom stereocenters. The van der Waals surface area contributed by atoms with E-state index in [0.29, 0.717) is 13.0 Å². The van der Waals surface area contributed by atoms with Gasteiger partial charge >= 0.3 is 0 Å². The number of hydrogen-bond donors (Lipinski definition) is 0. The van der Waals surface area contributed by atoms with Crippen LogP contribution in [0.5, 0.6) is 5.75 Å². The van der Waals surface area contributed by atoms with E-state index in [1.165, 1.54) is 12.1 Å². The van der Waals surface area contributed by atoms with Crippen LogP contribution < -0.4 is 4.74 Å². The van der Waals surface area contributed by atoms with Gasteiger partial charge in [0.05, 0.1) is 17.3 Å². The summed E-state index contributed by atoms with van der Waals surface area (Å²) in [4.78, 5) is 14.1. The van der Waals surface area contributed by atoms with Gasteiger partial charge in [-0.1, -0.05) is 30.3 Å². The molecule has 0 fully saturated rings. The Kier molecular flexibility index (Phi) is 5.03. The minimum Gasteiger partial charge on any atom is -0.483 e. The van der Waals surface area contributed by atoms with Crippen molar-refractivity contribution < 1.29 is 14.1 Å². The molecule has 0 aliphatic rings. The molecular formula is C18H16FN3O3. The Bertz CT molecular complexity index is 838. The van der Waals surface area contributed by atoms with Crippen LogP contribution in [0.15, 0.2) is 67.3 Å². The lowest BCUT2D eigenvalue weighted by Crippen LogP contribution is -2.12. The number of halogens is 1. The number of nitrogens with zero attached hydrogens (tertiary/aromatic N) is 3. The molecule has 0 aliphatic heterocycles.